The number of halogens is 1. The Labute approximate surface area is 143 Å². The Hall–Kier alpha value is -2.72. The summed E-state index contributed by atoms with van der Waals surface area (Å²) in [5, 5.41) is 27.8. The normalized spacial score (nSPS) is 19.3. The Balaban J connectivity index is 2.20. The van der Waals surface area contributed by atoms with Crippen molar-refractivity contribution >= 4 is 28.8 Å². The third kappa shape index (κ3) is 2.55. The molecule has 0 aliphatic carbocycles. The smallest absolute Gasteiger partial charge is 0.261 e. The fraction of sp³-hybridized carbons (Fsp3) is 0.312. The van der Waals surface area contributed by atoms with E-state index in [2.05, 4.69) is 21.3 Å². The molecule has 2 atom stereocenters. The van der Waals surface area contributed by atoms with E-state index >= 15 is 0 Å². The third-order valence-electron chi connectivity index (χ3n) is 4.12. The summed E-state index contributed by atoms with van der Waals surface area (Å²) in [5.41, 5.74) is 1.84. The molecule has 2 aromatic rings. The number of hydrogen-bond acceptors (Lipinski definition) is 5. The van der Waals surface area contributed by atoms with Crippen LogP contribution in [0.1, 0.15) is 36.8 Å². The van der Waals surface area contributed by atoms with Crippen molar-refractivity contribution in [3.05, 3.63) is 50.7 Å². The van der Waals surface area contributed by atoms with Crippen LogP contribution >= 0.6 is 11.6 Å². The van der Waals surface area contributed by atoms with Crippen molar-refractivity contribution in [3.63, 3.8) is 0 Å². The molecule has 0 radical (unpaired) electrons. The van der Waals surface area contributed by atoms with E-state index in [1.165, 1.54) is 6.07 Å². The number of nitro groups is 1. The van der Waals surface area contributed by atoms with Crippen LogP contribution in [0.5, 0.6) is 0 Å². The Morgan fingerprint density at radius 1 is 1.46 bits per heavy atom. The molecule has 0 saturated heterocycles. The first kappa shape index (κ1) is 16.1. The molecule has 0 saturated carbocycles. The summed E-state index contributed by atoms with van der Waals surface area (Å²) >= 11 is 6.30. The van der Waals surface area contributed by atoms with Crippen LogP contribution in [0.15, 0.2) is 29.4 Å². The number of fused-ring (bicyclic) bond motifs is 1. The summed E-state index contributed by atoms with van der Waals surface area (Å²) in [5.74, 6) is -0.387. The molecule has 1 aliphatic heterocycles. The van der Waals surface area contributed by atoms with Crippen molar-refractivity contribution < 1.29 is 4.92 Å². The van der Waals surface area contributed by atoms with E-state index in [0.29, 0.717) is 17.8 Å². The lowest BCUT2D eigenvalue weighted by atomic mass is 9.77. The second-order valence-corrected chi connectivity index (χ2v) is 5.93. The highest BCUT2D eigenvalue weighted by Gasteiger charge is 2.37. The van der Waals surface area contributed by atoms with E-state index in [4.69, 9.17) is 11.6 Å². The summed E-state index contributed by atoms with van der Waals surface area (Å²) in [6, 6.07) is 6.95. The van der Waals surface area contributed by atoms with Crippen LogP contribution in [0.3, 0.4) is 0 Å². The number of rotatable bonds is 4. The molecule has 1 aliphatic rings. The Bertz CT molecular complexity index is 868. The van der Waals surface area contributed by atoms with Crippen LogP contribution in [0.4, 0.5) is 11.5 Å². The highest BCUT2D eigenvalue weighted by molar-refractivity contribution is 6.33. The molecule has 3 rings (SSSR count). The van der Waals surface area contributed by atoms with Gasteiger partial charge in [0.25, 0.3) is 5.69 Å². The molecular formula is C16H14ClN5O2. The lowest BCUT2D eigenvalue weighted by molar-refractivity contribution is -0.384. The van der Waals surface area contributed by atoms with Crippen molar-refractivity contribution in [2.45, 2.75) is 25.7 Å². The van der Waals surface area contributed by atoms with Gasteiger partial charge in [-0.15, -0.1) is 0 Å². The summed E-state index contributed by atoms with van der Waals surface area (Å²) in [4.78, 5) is 15.2. The maximum absolute atomic E-state index is 11.2. The first-order valence-electron chi connectivity index (χ1n) is 7.51. The lowest BCUT2D eigenvalue weighted by Crippen LogP contribution is -2.25. The minimum absolute atomic E-state index is 0.0534. The molecule has 0 spiro atoms. The summed E-state index contributed by atoms with van der Waals surface area (Å²) in [6.07, 6.45) is 3.11. The number of H-pyrrole nitrogens is 1. The van der Waals surface area contributed by atoms with Crippen LogP contribution in [-0.4, -0.2) is 20.8 Å². The van der Waals surface area contributed by atoms with E-state index in [9.17, 15) is 15.4 Å². The quantitative estimate of drug-likeness (QED) is 0.664. The molecule has 0 amide bonds. The molecule has 122 valence electrons. The summed E-state index contributed by atoms with van der Waals surface area (Å²) < 4.78 is 0. The first-order chi connectivity index (χ1) is 11.6. The number of benzene rings is 1. The zero-order valence-corrected chi connectivity index (χ0v) is 13.6. The maximum Gasteiger partial charge on any atom is 0.288 e. The lowest BCUT2D eigenvalue weighted by Gasteiger charge is -2.27. The molecular weight excluding hydrogens is 330 g/mol. The molecule has 0 fully saturated rings. The van der Waals surface area contributed by atoms with Crippen LogP contribution in [0.2, 0.25) is 5.02 Å². The van der Waals surface area contributed by atoms with E-state index in [0.717, 1.165) is 17.7 Å². The van der Waals surface area contributed by atoms with Crippen molar-refractivity contribution in [1.82, 2.24) is 10.2 Å². The van der Waals surface area contributed by atoms with Crippen molar-refractivity contribution in [3.8, 4) is 6.07 Å². The number of aromatic nitrogens is 2. The van der Waals surface area contributed by atoms with Crippen LogP contribution in [-0.2, 0) is 0 Å². The van der Waals surface area contributed by atoms with E-state index in [-0.39, 0.29) is 10.7 Å². The van der Waals surface area contributed by atoms with Gasteiger partial charge >= 0.3 is 0 Å². The van der Waals surface area contributed by atoms with Crippen molar-refractivity contribution in [2.24, 2.45) is 10.9 Å². The third-order valence-corrected chi connectivity index (χ3v) is 4.53. The van der Waals surface area contributed by atoms with Gasteiger partial charge in [-0.3, -0.25) is 15.2 Å². The number of aromatic amines is 1. The number of hydrogen-bond donors (Lipinski definition) is 1. The largest absolute Gasteiger partial charge is 0.288 e. The van der Waals surface area contributed by atoms with Gasteiger partial charge in [0, 0.05) is 23.3 Å². The highest BCUT2D eigenvalue weighted by Crippen LogP contribution is 2.45. The van der Waals surface area contributed by atoms with Crippen LogP contribution in [0.25, 0.3) is 0 Å². The Morgan fingerprint density at radius 3 is 2.92 bits per heavy atom. The number of nitro benzene ring substituents is 1. The number of nitrogens with one attached hydrogen (secondary N) is 1. The fourth-order valence-electron chi connectivity index (χ4n) is 3.07. The highest BCUT2D eigenvalue weighted by atomic mass is 35.5. The molecule has 24 heavy (non-hydrogen) atoms. The van der Waals surface area contributed by atoms with Gasteiger partial charge in [-0.05, 0) is 12.0 Å². The molecule has 1 N–H and O–H groups in total. The van der Waals surface area contributed by atoms with Gasteiger partial charge in [0.2, 0.25) is 0 Å². The van der Waals surface area contributed by atoms with Gasteiger partial charge in [-0.1, -0.05) is 37.1 Å². The van der Waals surface area contributed by atoms with Gasteiger partial charge in [-0.25, -0.2) is 4.99 Å². The average molecular weight is 344 g/mol. The number of aliphatic imine (C=N–C) groups is 1. The van der Waals surface area contributed by atoms with E-state index < -0.39 is 16.8 Å². The Kier molecular flexibility index (Phi) is 4.32. The van der Waals surface area contributed by atoms with E-state index in [1.807, 2.05) is 6.92 Å². The van der Waals surface area contributed by atoms with Gasteiger partial charge in [0.05, 0.1) is 23.1 Å². The topological polar surface area (TPSA) is 108 Å². The van der Waals surface area contributed by atoms with Gasteiger partial charge in [0.1, 0.15) is 5.02 Å². The van der Waals surface area contributed by atoms with Gasteiger partial charge < -0.3 is 0 Å². The van der Waals surface area contributed by atoms with E-state index in [1.54, 1.807) is 18.3 Å². The molecule has 1 aromatic heterocycles. The van der Waals surface area contributed by atoms with Gasteiger partial charge in [-0.2, -0.15) is 10.4 Å². The van der Waals surface area contributed by atoms with Gasteiger partial charge in [0.15, 0.2) is 5.82 Å². The molecule has 0 bridgehead atoms. The van der Waals surface area contributed by atoms with Crippen LogP contribution < -0.4 is 0 Å². The maximum atomic E-state index is 11.2. The zero-order chi connectivity index (χ0) is 17.3. The molecule has 7 nitrogen and oxygen atoms in total. The first-order valence-corrected chi connectivity index (χ1v) is 7.89. The second kappa shape index (κ2) is 6.42. The molecule has 1 aromatic carbocycles. The average Bonchev–Trinajstić information content (AvgIpc) is 3.02. The molecule has 8 heteroatoms. The predicted octanol–water partition coefficient (Wildman–Crippen LogP) is 4.13. The van der Waals surface area contributed by atoms with Crippen molar-refractivity contribution in [1.29, 1.82) is 5.26 Å². The van der Waals surface area contributed by atoms with Crippen molar-refractivity contribution in [2.75, 3.05) is 0 Å². The monoisotopic (exact) mass is 343 g/mol. The zero-order valence-electron chi connectivity index (χ0n) is 12.9. The number of nitrogens with zero attached hydrogens (tertiary/aromatic N) is 4. The predicted molar refractivity (Wildman–Crippen MR) is 89.6 cm³/mol. The number of nitriles is 1. The fourth-order valence-corrected chi connectivity index (χ4v) is 3.39. The second-order valence-electron chi connectivity index (χ2n) is 5.55. The standard InChI is InChI=1S/C16H14ClN5O2/c1-2-4-12-10(7-18)14(11-8-19-21-16(11)20-12)9-5-3-6-13(15(9)17)22(23)24/h3,5-6,8,10,14H,2,4H2,1H3,(H,19,21). The minimum Gasteiger partial charge on any atom is -0.261 e. The SMILES string of the molecule is CCCC1=Nc2[nH]ncc2C(c2cccc([N+](=O)[O-])c2Cl)C1C#N. The minimum atomic E-state index is -0.533. The molecule has 2 unspecified atom stereocenters. The summed E-state index contributed by atoms with van der Waals surface area (Å²) in [6.45, 7) is 2.01. The van der Waals surface area contributed by atoms with Crippen LogP contribution in [0, 0.1) is 27.4 Å². The molecule has 2 heterocycles. The Morgan fingerprint density at radius 2 is 2.25 bits per heavy atom. The summed E-state index contributed by atoms with van der Waals surface area (Å²) in [7, 11) is 0.